The Balaban J connectivity index is 3.09. The summed E-state index contributed by atoms with van der Waals surface area (Å²) >= 11 is 5.78. The van der Waals surface area contributed by atoms with Gasteiger partial charge in [0.1, 0.15) is 0 Å². The fourth-order valence-corrected chi connectivity index (χ4v) is 2.76. The molecule has 1 N–H and O–H groups in total. The van der Waals surface area contributed by atoms with E-state index in [0.717, 1.165) is 12.3 Å². The smallest absolute Gasteiger partial charge is 0.0238 e. The van der Waals surface area contributed by atoms with E-state index in [4.69, 9.17) is 11.6 Å². The molecule has 1 unspecified atom stereocenters. The van der Waals surface area contributed by atoms with Gasteiger partial charge in [-0.3, -0.25) is 0 Å². The number of hydrogen-bond donors (Lipinski definition) is 1. The summed E-state index contributed by atoms with van der Waals surface area (Å²) in [5.74, 6) is 0.781. The van der Waals surface area contributed by atoms with Gasteiger partial charge in [0.15, 0.2) is 0 Å². The van der Waals surface area contributed by atoms with Crippen LogP contribution in [-0.2, 0) is 0 Å². The third kappa shape index (κ3) is 14.5. The standard InChI is InChI=1S/C17H36ClN/c1-3-5-6-7-8-9-10-11-12-13-16-19-17(4-2)14-15-18/h17,19H,3-16H2,1-2H3. The third-order valence-corrected chi connectivity index (χ3v) is 4.13. The molecule has 0 aromatic rings. The average Bonchev–Trinajstić information content (AvgIpc) is 2.43. The van der Waals surface area contributed by atoms with Gasteiger partial charge < -0.3 is 5.32 Å². The fourth-order valence-electron chi connectivity index (χ4n) is 2.50. The molecule has 1 atom stereocenters. The van der Waals surface area contributed by atoms with Crippen molar-refractivity contribution in [3.8, 4) is 0 Å². The van der Waals surface area contributed by atoms with E-state index < -0.39 is 0 Å². The van der Waals surface area contributed by atoms with Gasteiger partial charge in [-0.25, -0.2) is 0 Å². The molecule has 0 bridgehead atoms. The van der Waals surface area contributed by atoms with Crippen molar-refractivity contribution in [2.75, 3.05) is 12.4 Å². The van der Waals surface area contributed by atoms with Gasteiger partial charge in [-0.15, -0.1) is 11.6 Å². The van der Waals surface area contributed by atoms with Crippen molar-refractivity contribution in [3.63, 3.8) is 0 Å². The molecule has 2 heteroatoms. The minimum absolute atomic E-state index is 0.635. The summed E-state index contributed by atoms with van der Waals surface area (Å²) < 4.78 is 0. The second-order valence-electron chi connectivity index (χ2n) is 5.72. The van der Waals surface area contributed by atoms with Gasteiger partial charge in [-0.2, -0.15) is 0 Å². The molecule has 0 radical (unpaired) electrons. The first-order chi connectivity index (χ1) is 9.35. The summed E-state index contributed by atoms with van der Waals surface area (Å²) in [5, 5.41) is 3.61. The van der Waals surface area contributed by atoms with E-state index in [1.165, 1.54) is 77.2 Å². The second kappa shape index (κ2) is 16.3. The monoisotopic (exact) mass is 289 g/mol. The Morgan fingerprint density at radius 3 is 1.79 bits per heavy atom. The van der Waals surface area contributed by atoms with Gasteiger partial charge in [0.25, 0.3) is 0 Å². The molecular weight excluding hydrogens is 254 g/mol. The van der Waals surface area contributed by atoms with Crippen molar-refractivity contribution in [3.05, 3.63) is 0 Å². The normalized spacial score (nSPS) is 12.8. The molecule has 0 aliphatic rings. The zero-order valence-electron chi connectivity index (χ0n) is 13.4. The van der Waals surface area contributed by atoms with Crippen LogP contribution in [0.15, 0.2) is 0 Å². The lowest BCUT2D eigenvalue weighted by Crippen LogP contribution is -2.29. The molecule has 1 nitrogen and oxygen atoms in total. The highest BCUT2D eigenvalue weighted by molar-refractivity contribution is 6.17. The summed E-state index contributed by atoms with van der Waals surface area (Å²) in [5.41, 5.74) is 0. The highest BCUT2D eigenvalue weighted by Gasteiger charge is 2.03. The van der Waals surface area contributed by atoms with Gasteiger partial charge in [-0.1, -0.05) is 71.6 Å². The number of nitrogens with one attached hydrogen (secondary N) is 1. The Labute approximate surface area is 126 Å². The van der Waals surface area contributed by atoms with Crippen molar-refractivity contribution in [2.24, 2.45) is 0 Å². The van der Waals surface area contributed by atoms with E-state index in [2.05, 4.69) is 19.2 Å². The lowest BCUT2D eigenvalue weighted by atomic mass is 10.1. The summed E-state index contributed by atoms with van der Waals surface area (Å²) in [6.45, 7) is 5.69. The van der Waals surface area contributed by atoms with Crippen LogP contribution in [0, 0.1) is 0 Å². The lowest BCUT2D eigenvalue weighted by molar-refractivity contribution is 0.467. The Kier molecular flexibility index (Phi) is 16.5. The van der Waals surface area contributed by atoms with Crippen LogP contribution in [0.3, 0.4) is 0 Å². The molecule has 0 saturated heterocycles. The van der Waals surface area contributed by atoms with Crippen LogP contribution < -0.4 is 5.32 Å². The highest BCUT2D eigenvalue weighted by atomic mass is 35.5. The van der Waals surface area contributed by atoms with Gasteiger partial charge >= 0.3 is 0 Å². The Bertz CT molecular complexity index is 161. The van der Waals surface area contributed by atoms with E-state index in [9.17, 15) is 0 Å². The number of rotatable bonds is 15. The zero-order chi connectivity index (χ0) is 14.2. The molecule has 0 rings (SSSR count). The first kappa shape index (κ1) is 19.2. The van der Waals surface area contributed by atoms with Crippen molar-refractivity contribution >= 4 is 11.6 Å². The minimum atomic E-state index is 0.635. The number of alkyl halides is 1. The fraction of sp³-hybridized carbons (Fsp3) is 1.00. The highest BCUT2D eigenvalue weighted by Crippen LogP contribution is 2.10. The molecule has 19 heavy (non-hydrogen) atoms. The lowest BCUT2D eigenvalue weighted by Gasteiger charge is -2.15. The Morgan fingerprint density at radius 2 is 1.32 bits per heavy atom. The third-order valence-electron chi connectivity index (χ3n) is 3.91. The average molecular weight is 290 g/mol. The predicted molar refractivity (Wildman–Crippen MR) is 89.3 cm³/mol. The van der Waals surface area contributed by atoms with Gasteiger partial charge in [0, 0.05) is 11.9 Å². The van der Waals surface area contributed by atoms with Crippen LogP contribution in [0.1, 0.15) is 90.9 Å². The molecule has 0 amide bonds. The zero-order valence-corrected chi connectivity index (χ0v) is 14.1. The molecule has 0 aliphatic carbocycles. The largest absolute Gasteiger partial charge is 0.314 e. The molecule has 0 heterocycles. The van der Waals surface area contributed by atoms with Crippen molar-refractivity contribution in [2.45, 2.75) is 96.9 Å². The maximum atomic E-state index is 5.78. The number of halogens is 1. The topological polar surface area (TPSA) is 12.0 Å². The van der Waals surface area contributed by atoms with Crippen LogP contribution >= 0.6 is 11.6 Å². The van der Waals surface area contributed by atoms with E-state index in [-0.39, 0.29) is 0 Å². The summed E-state index contributed by atoms with van der Waals surface area (Å²) in [7, 11) is 0. The maximum Gasteiger partial charge on any atom is 0.0238 e. The number of hydrogen-bond acceptors (Lipinski definition) is 1. The molecule has 0 saturated carbocycles. The minimum Gasteiger partial charge on any atom is -0.314 e. The van der Waals surface area contributed by atoms with Gasteiger partial charge in [-0.05, 0) is 25.8 Å². The van der Waals surface area contributed by atoms with Crippen LogP contribution in [-0.4, -0.2) is 18.5 Å². The molecule has 116 valence electrons. The molecule has 0 aliphatic heterocycles. The molecule has 0 aromatic carbocycles. The van der Waals surface area contributed by atoms with Crippen molar-refractivity contribution < 1.29 is 0 Å². The molecule has 0 aromatic heterocycles. The Hall–Kier alpha value is 0.250. The summed E-state index contributed by atoms with van der Waals surface area (Å²) in [4.78, 5) is 0. The first-order valence-corrected chi connectivity index (χ1v) is 9.17. The van der Waals surface area contributed by atoms with Gasteiger partial charge in [0.2, 0.25) is 0 Å². The van der Waals surface area contributed by atoms with Gasteiger partial charge in [0.05, 0.1) is 0 Å². The van der Waals surface area contributed by atoms with Crippen molar-refractivity contribution in [1.29, 1.82) is 0 Å². The predicted octanol–water partition coefficient (Wildman–Crippen LogP) is 5.90. The van der Waals surface area contributed by atoms with Crippen LogP contribution in [0.5, 0.6) is 0 Å². The molecular formula is C17H36ClN. The molecule has 0 fully saturated rings. The Morgan fingerprint density at radius 1 is 0.789 bits per heavy atom. The first-order valence-electron chi connectivity index (χ1n) is 8.64. The SMILES string of the molecule is CCCCCCCCCCCCNC(CC)CCCl. The summed E-state index contributed by atoms with van der Waals surface area (Å²) in [6.07, 6.45) is 16.4. The number of unbranched alkanes of at least 4 members (excludes halogenated alkanes) is 9. The second-order valence-corrected chi connectivity index (χ2v) is 6.10. The van der Waals surface area contributed by atoms with Crippen LogP contribution in [0.25, 0.3) is 0 Å². The molecule has 0 spiro atoms. The maximum absolute atomic E-state index is 5.78. The van der Waals surface area contributed by atoms with E-state index in [1.54, 1.807) is 0 Å². The van der Waals surface area contributed by atoms with E-state index in [0.29, 0.717) is 6.04 Å². The van der Waals surface area contributed by atoms with E-state index >= 15 is 0 Å². The van der Waals surface area contributed by atoms with Crippen LogP contribution in [0.2, 0.25) is 0 Å². The van der Waals surface area contributed by atoms with E-state index in [1.807, 2.05) is 0 Å². The van der Waals surface area contributed by atoms with Crippen LogP contribution in [0.4, 0.5) is 0 Å². The van der Waals surface area contributed by atoms with Crippen molar-refractivity contribution in [1.82, 2.24) is 5.32 Å². The summed E-state index contributed by atoms with van der Waals surface area (Å²) in [6, 6.07) is 0.635. The quantitative estimate of drug-likeness (QED) is 0.292.